The second-order valence-corrected chi connectivity index (χ2v) is 4.50. The lowest BCUT2D eigenvalue weighted by molar-refractivity contribution is 0.198. The molecule has 0 aromatic heterocycles. The van der Waals surface area contributed by atoms with E-state index in [2.05, 4.69) is 18.4 Å². The molecule has 76 valence electrons. The van der Waals surface area contributed by atoms with Crippen molar-refractivity contribution in [1.29, 1.82) is 0 Å². The largest absolute Gasteiger partial charge is 0.343 e. The van der Waals surface area contributed by atoms with Gasteiger partial charge in [0.05, 0.1) is 6.10 Å². The topological polar surface area (TPSA) is 35.5 Å². The summed E-state index contributed by atoms with van der Waals surface area (Å²) in [4.78, 5) is 0. The summed E-state index contributed by atoms with van der Waals surface area (Å²) in [5.74, 6) is 4.43. The molecule has 4 heteroatoms. The summed E-state index contributed by atoms with van der Waals surface area (Å²) in [5.41, 5.74) is 0. The van der Waals surface area contributed by atoms with Crippen molar-refractivity contribution in [2.45, 2.75) is 13.0 Å². The third kappa shape index (κ3) is 4.90. The lowest BCUT2D eigenvalue weighted by Crippen LogP contribution is -2.06. The van der Waals surface area contributed by atoms with Crippen molar-refractivity contribution < 1.29 is 13.6 Å². The van der Waals surface area contributed by atoms with Gasteiger partial charge in [-0.1, -0.05) is 17.9 Å². The van der Waals surface area contributed by atoms with Crippen LogP contribution in [-0.4, -0.2) is 18.9 Å². The van der Waals surface area contributed by atoms with Gasteiger partial charge >= 0.3 is 7.60 Å². The number of hydrogen-bond donors (Lipinski definition) is 0. The number of rotatable bonds is 6. The zero-order chi connectivity index (χ0) is 11.0. The van der Waals surface area contributed by atoms with Gasteiger partial charge < -0.3 is 4.52 Å². The molecule has 0 fully saturated rings. The highest BCUT2D eigenvalue weighted by Crippen LogP contribution is 2.48. The van der Waals surface area contributed by atoms with Crippen molar-refractivity contribution in [3.8, 4) is 24.7 Å². The Morgan fingerprint density at radius 1 is 1.57 bits per heavy atom. The summed E-state index contributed by atoms with van der Waals surface area (Å²) in [6.07, 6.45) is 11.0. The molecule has 0 heterocycles. The minimum atomic E-state index is -3.26. The maximum atomic E-state index is 11.8. The summed E-state index contributed by atoms with van der Waals surface area (Å²) in [6, 6.07) is 0. The van der Waals surface area contributed by atoms with Crippen LogP contribution in [0.3, 0.4) is 0 Å². The van der Waals surface area contributed by atoms with Gasteiger partial charge in [0.2, 0.25) is 0 Å². The molecule has 0 aliphatic carbocycles. The molecule has 0 aliphatic heterocycles. The van der Waals surface area contributed by atoms with Crippen LogP contribution < -0.4 is 0 Å². The van der Waals surface area contributed by atoms with Crippen LogP contribution in [0.2, 0.25) is 0 Å². The fourth-order valence-corrected chi connectivity index (χ4v) is 1.97. The normalized spacial score (nSPS) is 15.9. The van der Waals surface area contributed by atoms with Gasteiger partial charge in [-0.15, -0.1) is 19.4 Å². The van der Waals surface area contributed by atoms with E-state index < -0.39 is 7.60 Å². The third-order valence-electron chi connectivity index (χ3n) is 1.29. The van der Waals surface area contributed by atoms with Gasteiger partial charge in [0.15, 0.2) is 0 Å². The molecule has 0 amide bonds. The summed E-state index contributed by atoms with van der Waals surface area (Å²) in [7, 11) is -3.26. The van der Waals surface area contributed by atoms with Crippen LogP contribution in [0.5, 0.6) is 0 Å². The third-order valence-corrected chi connectivity index (χ3v) is 3.03. The molecule has 0 aromatic rings. The molecule has 0 bridgehead atoms. The van der Waals surface area contributed by atoms with E-state index in [1.165, 1.54) is 6.08 Å². The van der Waals surface area contributed by atoms with E-state index in [4.69, 9.17) is 21.9 Å². The van der Waals surface area contributed by atoms with Crippen LogP contribution in [0.4, 0.5) is 0 Å². The molecular weight excluding hydrogens is 199 g/mol. The van der Waals surface area contributed by atoms with Crippen molar-refractivity contribution in [2.24, 2.45) is 0 Å². The average molecular weight is 212 g/mol. The van der Waals surface area contributed by atoms with Gasteiger partial charge in [-0.3, -0.25) is 9.09 Å². The van der Waals surface area contributed by atoms with Gasteiger partial charge in [-0.2, -0.15) is 0 Å². The zero-order valence-corrected chi connectivity index (χ0v) is 9.00. The standard InChI is InChI=1S/C10H13O3P/c1-5-8-12-14(11,9-6-2)13-10(4)7-3/h1-2,7,10H,3,8-9H2,4H3. The summed E-state index contributed by atoms with van der Waals surface area (Å²) >= 11 is 0. The Balaban J connectivity index is 4.41. The zero-order valence-electron chi connectivity index (χ0n) is 8.10. The van der Waals surface area contributed by atoms with Gasteiger partial charge in [-0.25, -0.2) is 0 Å². The van der Waals surface area contributed by atoms with Crippen molar-refractivity contribution in [3.63, 3.8) is 0 Å². The highest BCUT2D eigenvalue weighted by molar-refractivity contribution is 7.54. The van der Waals surface area contributed by atoms with Gasteiger partial charge in [-0.05, 0) is 6.92 Å². The molecule has 0 radical (unpaired) electrons. The Morgan fingerprint density at radius 2 is 2.21 bits per heavy atom. The van der Waals surface area contributed by atoms with Crippen molar-refractivity contribution in [2.75, 3.05) is 12.8 Å². The van der Waals surface area contributed by atoms with Crippen molar-refractivity contribution >= 4 is 7.60 Å². The minimum absolute atomic E-state index is 0.0805. The van der Waals surface area contributed by atoms with Gasteiger partial charge in [0, 0.05) is 0 Å². The van der Waals surface area contributed by atoms with Crippen LogP contribution in [-0.2, 0) is 13.6 Å². The fourth-order valence-electron chi connectivity index (χ4n) is 0.657. The molecule has 0 aliphatic rings. The van der Waals surface area contributed by atoms with Crippen molar-refractivity contribution in [3.05, 3.63) is 12.7 Å². The SMILES string of the molecule is C#CCOP(=O)(CC#C)OC(C)C=C. The minimum Gasteiger partial charge on any atom is -0.301 e. The molecule has 0 saturated carbocycles. The first-order valence-electron chi connectivity index (χ1n) is 3.99. The lowest BCUT2D eigenvalue weighted by atomic mass is 10.4. The first kappa shape index (κ1) is 13.0. The van der Waals surface area contributed by atoms with Gasteiger partial charge in [0.25, 0.3) is 0 Å². The second kappa shape index (κ2) is 6.46. The van der Waals surface area contributed by atoms with E-state index in [0.29, 0.717) is 0 Å². The Hall–Kier alpha value is -0.990. The van der Waals surface area contributed by atoms with E-state index in [1.54, 1.807) is 6.92 Å². The van der Waals surface area contributed by atoms with E-state index in [0.717, 1.165) is 0 Å². The van der Waals surface area contributed by atoms with E-state index in [-0.39, 0.29) is 18.9 Å². The maximum Gasteiger partial charge on any atom is 0.343 e. The Morgan fingerprint density at radius 3 is 2.64 bits per heavy atom. The predicted octanol–water partition coefficient (Wildman–Crippen LogP) is 2.05. The Bertz CT molecular complexity index is 308. The van der Waals surface area contributed by atoms with E-state index >= 15 is 0 Å². The number of hydrogen-bond acceptors (Lipinski definition) is 3. The van der Waals surface area contributed by atoms with Crippen LogP contribution in [0.1, 0.15) is 6.92 Å². The van der Waals surface area contributed by atoms with E-state index in [1.807, 2.05) is 0 Å². The monoisotopic (exact) mass is 212 g/mol. The molecule has 2 atom stereocenters. The molecule has 0 N–H and O–H groups in total. The number of terminal acetylenes is 2. The lowest BCUT2D eigenvalue weighted by Gasteiger charge is -2.17. The molecule has 0 rings (SSSR count). The van der Waals surface area contributed by atoms with E-state index in [9.17, 15) is 4.57 Å². The molecule has 14 heavy (non-hydrogen) atoms. The molecule has 3 nitrogen and oxygen atoms in total. The molecule has 2 unspecified atom stereocenters. The highest BCUT2D eigenvalue weighted by Gasteiger charge is 2.24. The van der Waals surface area contributed by atoms with Crippen LogP contribution in [0.25, 0.3) is 0 Å². The van der Waals surface area contributed by atoms with Crippen LogP contribution in [0.15, 0.2) is 12.7 Å². The van der Waals surface area contributed by atoms with Crippen molar-refractivity contribution in [1.82, 2.24) is 0 Å². The highest BCUT2D eigenvalue weighted by atomic mass is 31.2. The summed E-state index contributed by atoms with van der Waals surface area (Å²) in [6.45, 7) is 5.10. The molecule has 0 aromatic carbocycles. The molecule has 0 spiro atoms. The Kier molecular flexibility index (Phi) is 6.00. The fraction of sp³-hybridized carbons (Fsp3) is 0.400. The average Bonchev–Trinajstić information content (AvgIpc) is 2.15. The predicted molar refractivity (Wildman–Crippen MR) is 56.8 cm³/mol. The quantitative estimate of drug-likeness (QED) is 0.384. The summed E-state index contributed by atoms with van der Waals surface area (Å²) < 4.78 is 21.8. The second-order valence-electron chi connectivity index (χ2n) is 2.50. The summed E-state index contributed by atoms with van der Waals surface area (Å²) in [5, 5.41) is 0. The van der Waals surface area contributed by atoms with Crippen LogP contribution in [0, 0.1) is 24.7 Å². The van der Waals surface area contributed by atoms with Gasteiger partial charge in [0.1, 0.15) is 12.8 Å². The molecule has 0 saturated heterocycles. The first-order chi connectivity index (χ1) is 6.58. The Labute approximate surface area is 85.0 Å². The maximum absolute atomic E-state index is 11.8. The first-order valence-corrected chi connectivity index (χ1v) is 5.72. The molecular formula is C10H13O3P. The smallest absolute Gasteiger partial charge is 0.301 e. The van der Waals surface area contributed by atoms with Crippen LogP contribution >= 0.6 is 7.60 Å².